The highest BCUT2D eigenvalue weighted by molar-refractivity contribution is 5.45. The molecule has 1 atom stereocenters. The minimum absolute atomic E-state index is 0.340. The van der Waals surface area contributed by atoms with E-state index in [9.17, 15) is 0 Å². The third kappa shape index (κ3) is 3.16. The lowest BCUT2D eigenvalue weighted by molar-refractivity contribution is 0.174. The predicted molar refractivity (Wildman–Crippen MR) is 73.0 cm³/mol. The zero-order valence-electron chi connectivity index (χ0n) is 11.3. The van der Waals surface area contributed by atoms with Crippen LogP contribution in [0.2, 0.25) is 0 Å². The van der Waals surface area contributed by atoms with Crippen molar-refractivity contribution in [1.82, 2.24) is 0 Å². The van der Waals surface area contributed by atoms with Gasteiger partial charge in [-0.05, 0) is 48.9 Å². The highest BCUT2D eigenvalue weighted by Crippen LogP contribution is 2.36. The van der Waals surface area contributed by atoms with E-state index < -0.39 is 0 Å². The van der Waals surface area contributed by atoms with Crippen molar-refractivity contribution in [3.8, 4) is 11.5 Å². The topological polar surface area (TPSA) is 44.5 Å². The van der Waals surface area contributed by atoms with E-state index in [0.29, 0.717) is 12.7 Å². The van der Waals surface area contributed by atoms with E-state index in [1.54, 1.807) is 0 Å². The predicted octanol–water partition coefficient (Wildman–Crippen LogP) is 3.28. The van der Waals surface area contributed by atoms with E-state index in [4.69, 9.17) is 15.2 Å². The van der Waals surface area contributed by atoms with Crippen LogP contribution in [0.4, 0.5) is 0 Å². The zero-order valence-corrected chi connectivity index (χ0v) is 11.3. The summed E-state index contributed by atoms with van der Waals surface area (Å²) < 4.78 is 10.8. The first-order valence-corrected chi connectivity index (χ1v) is 6.80. The third-order valence-corrected chi connectivity index (χ3v) is 3.48. The summed E-state index contributed by atoms with van der Waals surface area (Å²) in [6, 6.07) is 6.27. The van der Waals surface area contributed by atoms with Crippen LogP contribution in [0, 0.1) is 5.92 Å². The van der Waals surface area contributed by atoms with Crippen LogP contribution in [0.15, 0.2) is 18.2 Å². The minimum Gasteiger partial charge on any atom is -0.454 e. The second kappa shape index (κ2) is 6.10. The molecule has 1 aromatic carbocycles. The van der Waals surface area contributed by atoms with Crippen molar-refractivity contribution in [3.63, 3.8) is 0 Å². The maximum absolute atomic E-state index is 5.73. The van der Waals surface area contributed by atoms with Gasteiger partial charge in [-0.15, -0.1) is 0 Å². The summed E-state index contributed by atoms with van der Waals surface area (Å²) in [6.45, 7) is 5.60. The highest BCUT2D eigenvalue weighted by atomic mass is 16.7. The molecule has 0 spiro atoms. The van der Waals surface area contributed by atoms with Crippen molar-refractivity contribution in [2.24, 2.45) is 11.7 Å². The van der Waals surface area contributed by atoms with E-state index in [0.717, 1.165) is 30.4 Å². The molecule has 100 valence electrons. The quantitative estimate of drug-likeness (QED) is 0.841. The molecule has 0 bridgehead atoms. The van der Waals surface area contributed by atoms with Gasteiger partial charge in [0, 0.05) is 0 Å². The third-order valence-electron chi connectivity index (χ3n) is 3.48. The van der Waals surface area contributed by atoms with E-state index in [-0.39, 0.29) is 0 Å². The molecule has 18 heavy (non-hydrogen) atoms. The molecule has 0 aliphatic carbocycles. The summed E-state index contributed by atoms with van der Waals surface area (Å²) in [5, 5.41) is 0. The van der Waals surface area contributed by atoms with Gasteiger partial charge in [-0.2, -0.15) is 0 Å². The number of hydrogen-bond acceptors (Lipinski definition) is 3. The fraction of sp³-hybridized carbons (Fsp3) is 0.600. The van der Waals surface area contributed by atoms with Crippen LogP contribution in [-0.2, 0) is 0 Å². The van der Waals surface area contributed by atoms with Crippen molar-refractivity contribution in [1.29, 1.82) is 0 Å². The number of nitrogens with two attached hydrogens (primary N) is 1. The van der Waals surface area contributed by atoms with Gasteiger partial charge in [-0.1, -0.05) is 26.3 Å². The van der Waals surface area contributed by atoms with Crippen molar-refractivity contribution in [3.05, 3.63) is 23.8 Å². The Morgan fingerprint density at radius 1 is 1.11 bits per heavy atom. The molecule has 2 rings (SSSR count). The van der Waals surface area contributed by atoms with Gasteiger partial charge in [0.05, 0.1) is 0 Å². The Morgan fingerprint density at radius 2 is 1.89 bits per heavy atom. The fourth-order valence-corrected chi connectivity index (χ4v) is 2.38. The van der Waals surface area contributed by atoms with Crippen LogP contribution >= 0.6 is 0 Å². The molecular formula is C15H23NO2. The van der Waals surface area contributed by atoms with Gasteiger partial charge in [-0.3, -0.25) is 0 Å². The maximum atomic E-state index is 5.73. The first kappa shape index (κ1) is 13.2. The molecule has 1 aliphatic rings. The largest absolute Gasteiger partial charge is 0.454 e. The molecule has 3 nitrogen and oxygen atoms in total. The Labute approximate surface area is 109 Å². The summed E-state index contributed by atoms with van der Waals surface area (Å²) >= 11 is 0. The van der Waals surface area contributed by atoms with Crippen LogP contribution in [0.3, 0.4) is 0 Å². The Hall–Kier alpha value is -1.22. The first-order chi connectivity index (χ1) is 8.70. The van der Waals surface area contributed by atoms with Gasteiger partial charge < -0.3 is 15.2 Å². The van der Waals surface area contributed by atoms with Crippen LogP contribution < -0.4 is 15.2 Å². The van der Waals surface area contributed by atoms with E-state index in [1.165, 1.54) is 18.4 Å². The lowest BCUT2D eigenvalue weighted by atomic mass is 9.88. The SMILES string of the molecule is CC(C)CCC(CCN)c1ccc2c(c1)OCO2. The van der Waals surface area contributed by atoms with E-state index in [2.05, 4.69) is 26.0 Å². The average molecular weight is 249 g/mol. The van der Waals surface area contributed by atoms with E-state index >= 15 is 0 Å². The van der Waals surface area contributed by atoms with Crippen LogP contribution in [0.1, 0.15) is 44.6 Å². The van der Waals surface area contributed by atoms with Crippen molar-refractivity contribution >= 4 is 0 Å². The maximum Gasteiger partial charge on any atom is 0.231 e. The summed E-state index contributed by atoms with van der Waals surface area (Å²) in [5.74, 6) is 3.00. The molecule has 0 saturated heterocycles. The summed E-state index contributed by atoms with van der Waals surface area (Å²) in [5.41, 5.74) is 7.05. The molecule has 0 aromatic heterocycles. The Bertz CT molecular complexity index is 390. The number of rotatable bonds is 6. The monoisotopic (exact) mass is 249 g/mol. The molecule has 1 unspecified atom stereocenters. The Balaban J connectivity index is 2.09. The smallest absolute Gasteiger partial charge is 0.231 e. The molecule has 0 fully saturated rings. The number of ether oxygens (including phenoxy) is 2. The normalized spacial score (nSPS) is 15.1. The molecule has 0 saturated carbocycles. The Morgan fingerprint density at radius 3 is 2.61 bits per heavy atom. The average Bonchev–Trinajstić information content (AvgIpc) is 2.81. The van der Waals surface area contributed by atoms with Gasteiger partial charge in [0.1, 0.15) is 0 Å². The lowest BCUT2D eigenvalue weighted by Gasteiger charge is -2.18. The van der Waals surface area contributed by atoms with Gasteiger partial charge in [-0.25, -0.2) is 0 Å². The second-order valence-corrected chi connectivity index (χ2v) is 5.36. The zero-order chi connectivity index (χ0) is 13.0. The number of fused-ring (bicyclic) bond motifs is 1. The van der Waals surface area contributed by atoms with Crippen molar-refractivity contribution in [2.45, 2.75) is 39.0 Å². The summed E-state index contributed by atoms with van der Waals surface area (Å²) in [6.07, 6.45) is 3.46. The lowest BCUT2D eigenvalue weighted by Crippen LogP contribution is -2.08. The number of benzene rings is 1. The molecule has 1 heterocycles. The van der Waals surface area contributed by atoms with Gasteiger partial charge in [0.25, 0.3) is 0 Å². The van der Waals surface area contributed by atoms with Gasteiger partial charge in [0.2, 0.25) is 6.79 Å². The van der Waals surface area contributed by atoms with Crippen molar-refractivity contribution < 1.29 is 9.47 Å². The molecule has 2 N–H and O–H groups in total. The highest BCUT2D eigenvalue weighted by Gasteiger charge is 2.17. The first-order valence-electron chi connectivity index (χ1n) is 6.80. The fourth-order valence-electron chi connectivity index (χ4n) is 2.38. The summed E-state index contributed by atoms with van der Waals surface area (Å²) in [7, 11) is 0. The summed E-state index contributed by atoms with van der Waals surface area (Å²) in [4.78, 5) is 0. The van der Waals surface area contributed by atoms with Gasteiger partial charge in [0.15, 0.2) is 11.5 Å². The van der Waals surface area contributed by atoms with Crippen LogP contribution in [-0.4, -0.2) is 13.3 Å². The minimum atomic E-state index is 0.340. The Kier molecular flexibility index (Phi) is 4.48. The number of hydrogen-bond donors (Lipinski definition) is 1. The molecular weight excluding hydrogens is 226 g/mol. The molecule has 1 aromatic rings. The molecule has 1 aliphatic heterocycles. The molecule has 3 heteroatoms. The van der Waals surface area contributed by atoms with E-state index in [1.807, 2.05) is 6.07 Å². The molecule has 0 amide bonds. The van der Waals surface area contributed by atoms with Crippen LogP contribution in [0.5, 0.6) is 11.5 Å². The van der Waals surface area contributed by atoms with Gasteiger partial charge >= 0.3 is 0 Å². The molecule has 0 radical (unpaired) electrons. The van der Waals surface area contributed by atoms with Crippen LogP contribution in [0.25, 0.3) is 0 Å². The van der Waals surface area contributed by atoms with Crippen molar-refractivity contribution in [2.75, 3.05) is 13.3 Å². The second-order valence-electron chi connectivity index (χ2n) is 5.36. The standard InChI is InChI=1S/C15H23NO2/c1-11(2)3-4-12(7-8-16)13-5-6-14-15(9-13)18-10-17-14/h5-6,9,11-12H,3-4,7-8,10,16H2,1-2H3.